The Kier molecular flexibility index (Phi) is 6.22. The van der Waals surface area contributed by atoms with Crippen LogP contribution in [0.25, 0.3) is 0 Å². The number of rotatable bonds is 6. The van der Waals surface area contributed by atoms with Crippen LogP contribution in [-0.2, 0) is 19.8 Å². The van der Waals surface area contributed by atoms with E-state index in [1.165, 1.54) is 25.5 Å². The van der Waals surface area contributed by atoms with Crippen LogP contribution < -0.4 is 5.32 Å². The van der Waals surface area contributed by atoms with Gasteiger partial charge in [-0.3, -0.25) is 9.59 Å². The van der Waals surface area contributed by atoms with Crippen molar-refractivity contribution in [3.8, 4) is 0 Å². The molecule has 0 aliphatic carbocycles. The number of nitrogens with one attached hydrogen (secondary N) is 1. The number of likely N-dealkylation sites (tertiary alicyclic amines) is 1. The maximum absolute atomic E-state index is 12.3. The van der Waals surface area contributed by atoms with Crippen LogP contribution in [0.2, 0.25) is 0 Å². The number of likely N-dealkylation sites (N-methyl/N-ethyl adjacent to an activating group) is 2. The average molecular weight is 358 g/mol. The number of amides is 2. The molecule has 136 valence electrons. The Morgan fingerprint density at radius 2 is 1.54 bits per heavy atom. The summed E-state index contributed by atoms with van der Waals surface area (Å²) in [4.78, 5) is 27.0. The Hall–Kier alpha value is -1.61. The summed E-state index contributed by atoms with van der Waals surface area (Å²) < 4.78 is 25.9. The standard InChI is InChI=1S/C15H26N4O4S/c1-3-18-14(20)13(15(21)19(4-2)24(18,22)23)12-16-8-11-17-9-6-5-7-10-17/h12,16H,3-11H2,1-2H3. The van der Waals surface area contributed by atoms with Gasteiger partial charge in [-0.05, 0) is 39.8 Å². The second-order valence-corrected chi connectivity index (χ2v) is 7.64. The fourth-order valence-electron chi connectivity index (χ4n) is 3.01. The molecule has 1 N–H and O–H groups in total. The first-order valence-corrected chi connectivity index (χ1v) is 9.88. The first-order valence-electron chi connectivity index (χ1n) is 8.48. The lowest BCUT2D eigenvalue weighted by molar-refractivity contribution is -0.131. The van der Waals surface area contributed by atoms with Gasteiger partial charge in [0.2, 0.25) is 0 Å². The monoisotopic (exact) mass is 358 g/mol. The topological polar surface area (TPSA) is 90.0 Å². The zero-order valence-corrected chi connectivity index (χ0v) is 15.1. The maximum atomic E-state index is 12.3. The molecule has 0 radical (unpaired) electrons. The van der Waals surface area contributed by atoms with E-state index in [2.05, 4.69) is 10.2 Å². The molecule has 9 heteroatoms. The maximum Gasteiger partial charge on any atom is 0.331 e. The van der Waals surface area contributed by atoms with Crippen molar-refractivity contribution in [1.82, 2.24) is 18.8 Å². The molecule has 2 rings (SSSR count). The van der Waals surface area contributed by atoms with Gasteiger partial charge in [-0.1, -0.05) is 6.42 Å². The van der Waals surface area contributed by atoms with E-state index < -0.39 is 22.0 Å². The third-order valence-electron chi connectivity index (χ3n) is 4.31. The zero-order valence-electron chi connectivity index (χ0n) is 14.3. The van der Waals surface area contributed by atoms with Crippen molar-refractivity contribution in [2.75, 3.05) is 39.3 Å². The number of carbonyl (C=O) groups excluding carboxylic acids is 2. The molecule has 0 aromatic rings. The molecule has 0 spiro atoms. The van der Waals surface area contributed by atoms with Crippen molar-refractivity contribution < 1.29 is 18.0 Å². The molecule has 0 atom stereocenters. The summed E-state index contributed by atoms with van der Waals surface area (Å²) in [6.07, 6.45) is 5.03. The molecule has 2 saturated heterocycles. The lowest BCUT2D eigenvalue weighted by Crippen LogP contribution is -2.56. The van der Waals surface area contributed by atoms with Crippen LogP contribution in [0.5, 0.6) is 0 Å². The van der Waals surface area contributed by atoms with Crippen molar-refractivity contribution in [1.29, 1.82) is 0 Å². The summed E-state index contributed by atoms with van der Waals surface area (Å²) in [6, 6.07) is 0. The first kappa shape index (κ1) is 18.7. The van der Waals surface area contributed by atoms with Gasteiger partial charge in [-0.15, -0.1) is 0 Å². The summed E-state index contributed by atoms with van der Waals surface area (Å²) in [7, 11) is -4.05. The zero-order chi connectivity index (χ0) is 17.7. The van der Waals surface area contributed by atoms with Gasteiger partial charge in [0, 0.05) is 32.4 Å². The smallest absolute Gasteiger partial charge is 0.331 e. The summed E-state index contributed by atoms with van der Waals surface area (Å²) in [5, 5.41) is 2.99. The van der Waals surface area contributed by atoms with Gasteiger partial charge in [0.1, 0.15) is 5.57 Å². The highest BCUT2D eigenvalue weighted by molar-refractivity contribution is 7.88. The van der Waals surface area contributed by atoms with E-state index in [-0.39, 0.29) is 18.7 Å². The van der Waals surface area contributed by atoms with Gasteiger partial charge in [-0.25, -0.2) is 8.61 Å². The lowest BCUT2D eigenvalue weighted by Gasteiger charge is -2.34. The lowest BCUT2D eigenvalue weighted by atomic mass is 10.1. The number of hydrogen-bond acceptors (Lipinski definition) is 6. The summed E-state index contributed by atoms with van der Waals surface area (Å²) in [5.41, 5.74) is -0.132. The first-order chi connectivity index (χ1) is 11.4. The van der Waals surface area contributed by atoms with E-state index in [0.29, 0.717) is 6.54 Å². The Labute approximate surface area is 143 Å². The third kappa shape index (κ3) is 3.72. The average Bonchev–Trinajstić information content (AvgIpc) is 2.55. The molecule has 0 saturated carbocycles. The number of hydrogen-bond donors (Lipinski definition) is 1. The molecule has 0 aromatic carbocycles. The highest BCUT2D eigenvalue weighted by Crippen LogP contribution is 2.21. The SMILES string of the molecule is CCN1C(=O)C(=CNCCN2CCCCC2)C(=O)N(CC)S1(=O)=O. The van der Waals surface area contributed by atoms with Gasteiger partial charge >= 0.3 is 10.2 Å². The third-order valence-corrected chi connectivity index (χ3v) is 6.27. The Morgan fingerprint density at radius 3 is 2.04 bits per heavy atom. The predicted molar refractivity (Wildman–Crippen MR) is 90.1 cm³/mol. The van der Waals surface area contributed by atoms with Crippen LogP contribution >= 0.6 is 0 Å². The molecule has 0 aromatic heterocycles. The van der Waals surface area contributed by atoms with Crippen molar-refractivity contribution >= 4 is 22.0 Å². The van der Waals surface area contributed by atoms with E-state index in [9.17, 15) is 18.0 Å². The molecule has 2 fully saturated rings. The van der Waals surface area contributed by atoms with Gasteiger partial charge in [0.15, 0.2) is 0 Å². The fourth-order valence-corrected chi connectivity index (χ4v) is 4.51. The van der Waals surface area contributed by atoms with Crippen LogP contribution in [0.1, 0.15) is 33.1 Å². The largest absolute Gasteiger partial charge is 0.389 e. The number of piperidine rings is 1. The van der Waals surface area contributed by atoms with Crippen LogP contribution in [0.3, 0.4) is 0 Å². The highest BCUT2D eigenvalue weighted by atomic mass is 32.2. The fraction of sp³-hybridized carbons (Fsp3) is 0.733. The molecule has 24 heavy (non-hydrogen) atoms. The van der Waals surface area contributed by atoms with Crippen LogP contribution in [0, 0.1) is 0 Å². The number of nitrogens with zero attached hydrogens (tertiary/aromatic N) is 3. The van der Waals surface area contributed by atoms with E-state index in [0.717, 1.165) is 28.2 Å². The molecule has 0 unspecified atom stereocenters. The molecule has 8 nitrogen and oxygen atoms in total. The van der Waals surface area contributed by atoms with Gasteiger partial charge in [0.25, 0.3) is 11.8 Å². The minimum Gasteiger partial charge on any atom is -0.389 e. The Morgan fingerprint density at radius 1 is 1.00 bits per heavy atom. The van der Waals surface area contributed by atoms with E-state index in [1.54, 1.807) is 13.8 Å². The molecular weight excluding hydrogens is 332 g/mol. The minimum atomic E-state index is -4.05. The van der Waals surface area contributed by atoms with Gasteiger partial charge in [-0.2, -0.15) is 8.42 Å². The van der Waals surface area contributed by atoms with Crippen molar-refractivity contribution in [2.24, 2.45) is 0 Å². The van der Waals surface area contributed by atoms with Crippen LogP contribution in [0.15, 0.2) is 11.8 Å². The van der Waals surface area contributed by atoms with Crippen molar-refractivity contribution in [2.45, 2.75) is 33.1 Å². The molecule has 2 aliphatic heterocycles. The van der Waals surface area contributed by atoms with Crippen LogP contribution in [0.4, 0.5) is 0 Å². The minimum absolute atomic E-state index is 0.00390. The molecule has 0 bridgehead atoms. The van der Waals surface area contributed by atoms with E-state index >= 15 is 0 Å². The van der Waals surface area contributed by atoms with Crippen molar-refractivity contribution in [3.63, 3.8) is 0 Å². The van der Waals surface area contributed by atoms with Crippen molar-refractivity contribution in [3.05, 3.63) is 11.8 Å². The molecular formula is C15H26N4O4S. The Balaban J connectivity index is 2.04. The molecule has 2 amide bonds. The molecule has 2 aliphatic rings. The van der Waals surface area contributed by atoms with Gasteiger partial charge < -0.3 is 10.2 Å². The van der Waals surface area contributed by atoms with E-state index in [4.69, 9.17) is 0 Å². The predicted octanol–water partition coefficient (Wildman–Crippen LogP) is -0.0988. The second-order valence-electron chi connectivity index (χ2n) is 5.86. The summed E-state index contributed by atoms with van der Waals surface area (Å²) >= 11 is 0. The molecule has 2 heterocycles. The summed E-state index contributed by atoms with van der Waals surface area (Å²) in [6.45, 7) is 6.71. The normalized spacial score (nSPS) is 22.0. The second kappa shape index (κ2) is 7.98. The Bertz CT molecular complexity index is 579. The summed E-state index contributed by atoms with van der Waals surface area (Å²) in [5.74, 6) is -1.53. The van der Waals surface area contributed by atoms with Gasteiger partial charge in [0.05, 0.1) is 0 Å². The number of carbonyl (C=O) groups is 2. The quantitative estimate of drug-likeness (QED) is 0.405. The highest BCUT2D eigenvalue weighted by Gasteiger charge is 2.45. The van der Waals surface area contributed by atoms with E-state index in [1.807, 2.05) is 0 Å². The van der Waals surface area contributed by atoms with Crippen LogP contribution in [-0.4, -0.2) is 73.0 Å².